The molecule has 0 unspecified atom stereocenters. The second-order valence-electron chi connectivity index (χ2n) is 8.38. The minimum Gasteiger partial charge on any atom is -0.366 e. The van der Waals surface area contributed by atoms with Gasteiger partial charge >= 0.3 is 0 Å². The zero-order valence-corrected chi connectivity index (χ0v) is 21.4. The number of rotatable bonds is 6. The van der Waals surface area contributed by atoms with Crippen molar-refractivity contribution in [3.05, 3.63) is 114 Å². The van der Waals surface area contributed by atoms with Gasteiger partial charge in [0.1, 0.15) is 5.82 Å². The molecule has 0 radical (unpaired) electrons. The Bertz CT molecular complexity index is 1740. The average molecular weight is 547 g/mol. The number of nitrogens with zero attached hydrogens (tertiary/aromatic N) is 3. The Morgan fingerprint density at radius 1 is 1.00 bits per heavy atom. The molecule has 0 aliphatic carbocycles. The molecule has 0 bridgehead atoms. The summed E-state index contributed by atoms with van der Waals surface area (Å²) in [6.07, 6.45) is 6.06. The Morgan fingerprint density at radius 3 is 2.44 bits per heavy atom. The predicted octanol–water partition coefficient (Wildman–Crippen LogP) is 3.35. The number of hydrogen-bond acceptors (Lipinski definition) is 7. The standard InChI is InChI=1S/C21H17FN4O3S.C6H6N2O/c1-13-2-5-17(22)9-19(13)30(28,29)18-6-3-14(4-7-18)10-24-21(27)16-8-15-12-25-26-20(15)23-11-16;7-6(9)5-2-1-3-8-4-5/h2-9,11-12H,10H2,1H3,(H,24,27)(H,23,25,26);1-4H,(H2,7,9). The van der Waals surface area contributed by atoms with Crippen LogP contribution in [0, 0.1) is 12.7 Å². The lowest BCUT2D eigenvalue weighted by atomic mass is 10.2. The molecule has 0 aliphatic heterocycles. The number of aromatic nitrogens is 4. The fraction of sp³-hybridized carbons (Fsp3) is 0.0741. The molecule has 0 atom stereocenters. The van der Waals surface area contributed by atoms with E-state index in [1.807, 2.05) is 0 Å². The van der Waals surface area contributed by atoms with Crippen LogP contribution in [0.4, 0.5) is 4.39 Å². The summed E-state index contributed by atoms with van der Waals surface area (Å²) in [7, 11) is -3.84. The highest BCUT2D eigenvalue weighted by Crippen LogP contribution is 2.25. The molecule has 4 N–H and O–H groups in total. The van der Waals surface area contributed by atoms with Gasteiger partial charge in [-0.25, -0.2) is 17.8 Å². The Kier molecular flexibility index (Phi) is 8.06. The molecule has 3 aromatic heterocycles. The van der Waals surface area contributed by atoms with Gasteiger partial charge in [0.2, 0.25) is 15.7 Å². The molecule has 0 saturated carbocycles. The van der Waals surface area contributed by atoms with Crippen molar-refractivity contribution in [2.24, 2.45) is 5.73 Å². The molecule has 0 fully saturated rings. The summed E-state index contributed by atoms with van der Waals surface area (Å²) in [5.41, 5.74) is 7.55. The third kappa shape index (κ3) is 6.48. The third-order valence-electron chi connectivity index (χ3n) is 5.63. The van der Waals surface area contributed by atoms with E-state index in [2.05, 4.69) is 25.5 Å². The van der Waals surface area contributed by atoms with Crippen molar-refractivity contribution in [1.29, 1.82) is 0 Å². The van der Waals surface area contributed by atoms with Crippen molar-refractivity contribution in [3.63, 3.8) is 0 Å². The van der Waals surface area contributed by atoms with Gasteiger partial charge < -0.3 is 11.1 Å². The number of benzene rings is 2. The normalized spacial score (nSPS) is 10.9. The number of carbonyl (C=O) groups excluding carboxylic acids is 2. The number of hydrogen-bond donors (Lipinski definition) is 3. The van der Waals surface area contributed by atoms with Crippen LogP contribution in [0.5, 0.6) is 0 Å². The minimum atomic E-state index is -3.84. The number of carbonyl (C=O) groups is 2. The number of halogens is 1. The monoisotopic (exact) mass is 546 g/mol. The van der Waals surface area contributed by atoms with Gasteiger partial charge in [0.15, 0.2) is 5.65 Å². The highest BCUT2D eigenvalue weighted by atomic mass is 32.2. The topological polar surface area (TPSA) is 161 Å². The average Bonchev–Trinajstić information content (AvgIpc) is 3.42. The first-order valence-electron chi connectivity index (χ1n) is 11.5. The number of sulfone groups is 1. The van der Waals surface area contributed by atoms with Crippen molar-refractivity contribution in [3.8, 4) is 0 Å². The quantitative estimate of drug-likeness (QED) is 0.294. The van der Waals surface area contributed by atoms with Crippen LogP contribution in [-0.4, -0.2) is 40.4 Å². The van der Waals surface area contributed by atoms with Gasteiger partial charge in [-0.2, -0.15) is 5.10 Å². The van der Waals surface area contributed by atoms with E-state index in [0.29, 0.717) is 22.3 Å². The maximum Gasteiger partial charge on any atom is 0.253 e. The Morgan fingerprint density at radius 2 is 1.77 bits per heavy atom. The molecule has 3 heterocycles. The van der Waals surface area contributed by atoms with Crippen LogP contribution in [-0.2, 0) is 16.4 Å². The lowest BCUT2D eigenvalue weighted by Gasteiger charge is -2.09. The number of H-pyrrole nitrogens is 1. The van der Waals surface area contributed by atoms with E-state index < -0.39 is 21.6 Å². The van der Waals surface area contributed by atoms with Crippen LogP contribution in [0.1, 0.15) is 31.8 Å². The van der Waals surface area contributed by atoms with E-state index in [4.69, 9.17) is 5.73 Å². The van der Waals surface area contributed by atoms with Gasteiger partial charge in [-0.05, 0) is 60.5 Å². The van der Waals surface area contributed by atoms with Crippen molar-refractivity contribution in [2.45, 2.75) is 23.3 Å². The number of aromatic amines is 1. The number of primary amides is 1. The maximum atomic E-state index is 13.5. The van der Waals surface area contributed by atoms with Gasteiger partial charge in [-0.1, -0.05) is 18.2 Å². The first-order chi connectivity index (χ1) is 18.6. The van der Waals surface area contributed by atoms with Crippen molar-refractivity contribution in [2.75, 3.05) is 0 Å². The smallest absolute Gasteiger partial charge is 0.253 e. The van der Waals surface area contributed by atoms with Gasteiger partial charge in [0.25, 0.3) is 5.91 Å². The van der Waals surface area contributed by atoms with E-state index in [9.17, 15) is 22.4 Å². The van der Waals surface area contributed by atoms with Crippen LogP contribution >= 0.6 is 0 Å². The third-order valence-corrected chi connectivity index (χ3v) is 7.54. The van der Waals surface area contributed by atoms with Gasteiger partial charge in [-0.3, -0.25) is 19.7 Å². The van der Waals surface area contributed by atoms with Gasteiger partial charge in [0.05, 0.1) is 27.1 Å². The second-order valence-corrected chi connectivity index (χ2v) is 10.3. The van der Waals surface area contributed by atoms with Crippen LogP contribution in [0.25, 0.3) is 11.0 Å². The molecular formula is C27H23FN6O4S. The molecule has 2 aromatic carbocycles. The SMILES string of the molecule is Cc1ccc(F)cc1S(=O)(=O)c1ccc(CNC(=O)c2cnc3[nH]ncc3c2)cc1.NC(=O)c1cccnc1. The Hall–Kier alpha value is -4.97. The summed E-state index contributed by atoms with van der Waals surface area (Å²) >= 11 is 0. The lowest BCUT2D eigenvalue weighted by molar-refractivity contribution is 0.0949. The van der Waals surface area contributed by atoms with Crippen molar-refractivity contribution < 1.29 is 22.4 Å². The zero-order valence-electron chi connectivity index (χ0n) is 20.6. The molecule has 0 saturated heterocycles. The maximum absolute atomic E-state index is 13.5. The highest BCUT2D eigenvalue weighted by molar-refractivity contribution is 7.91. The van der Waals surface area contributed by atoms with Gasteiger partial charge in [-0.15, -0.1) is 0 Å². The Balaban J connectivity index is 0.000000333. The lowest BCUT2D eigenvalue weighted by Crippen LogP contribution is -2.22. The summed E-state index contributed by atoms with van der Waals surface area (Å²) in [6.45, 7) is 1.83. The molecule has 39 heavy (non-hydrogen) atoms. The zero-order chi connectivity index (χ0) is 28.0. The van der Waals surface area contributed by atoms with Crippen molar-refractivity contribution in [1.82, 2.24) is 25.5 Å². The van der Waals surface area contributed by atoms with E-state index in [1.165, 1.54) is 36.7 Å². The minimum absolute atomic E-state index is 0.0564. The number of nitrogens with one attached hydrogen (secondary N) is 2. The van der Waals surface area contributed by atoms with Crippen LogP contribution in [0.3, 0.4) is 0 Å². The molecule has 10 nitrogen and oxygen atoms in total. The largest absolute Gasteiger partial charge is 0.366 e. The highest BCUT2D eigenvalue weighted by Gasteiger charge is 2.20. The predicted molar refractivity (Wildman–Crippen MR) is 141 cm³/mol. The summed E-state index contributed by atoms with van der Waals surface area (Å²) < 4.78 is 39.1. The number of nitrogens with two attached hydrogens (primary N) is 1. The number of amides is 2. The number of fused-ring (bicyclic) bond motifs is 1. The van der Waals surface area contributed by atoms with E-state index in [-0.39, 0.29) is 22.2 Å². The summed E-state index contributed by atoms with van der Waals surface area (Å²) in [4.78, 5) is 30.6. The van der Waals surface area contributed by atoms with E-state index in [0.717, 1.165) is 17.0 Å². The molecule has 198 valence electrons. The van der Waals surface area contributed by atoms with Gasteiger partial charge in [0, 0.05) is 30.5 Å². The van der Waals surface area contributed by atoms with Crippen molar-refractivity contribution >= 4 is 32.7 Å². The second kappa shape index (κ2) is 11.6. The first-order valence-corrected chi connectivity index (χ1v) is 13.0. The fourth-order valence-electron chi connectivity index (χ4n) is 3.53. The summed E-state index contributed by atoms with van der Waals surface area (Å²) in [5, 5.41) is 10.1. The molecule has 0 spiro atoms. The fourth-order valence-corrected chi connectivity index (χ4v) is 5.04. The van der Waals surface area contributed by atoms with Crippen LogP contribution < -0.4 is 11.1 Å². The van der Waals surface area contributed by atoms with Crippen LogP contribution in [0.2, 0.25) is 0 Å². The molecule has 2 amide bonds. The molecule has 12 heteroatoms. The molecule has 0 aliphatic rings. The molecule has 5 aromatic rings. The summed E-state index contributed by atoms with van der Waals surface area (Å²) in [5.74, 6) is -1.36. The van der Waals surface area contributed by atoms with Crippen LogP contribution in [0.15, 0.2) is 95.2 Å². The van der Waals surface area contributed by atoms with E-state index in [1.54, 1.807) is 49.6 Å². The Labute approximate surface area is 223 Å². The summed E-state index contributed by atoms with van der Waals surface area (Å²) in [6, 6.07) is 14.7. The molecular weight excluding hydrogens is 523 g/mol. The number of aryl methyl sites for hydroxylation is 1. The molecule has 5 rings (SSSR count). The van der Waals surface area contributed by atoms with E-state index >= 15 is 0 Å². The first kappa shape index (κ1) is 27.1. The number of pyridine rings is 2.